The Hall–Kier alpha value is -1.02. The molecule has 0 aliphatic heterocycles. The van der Waals surface area contributed by atoms with Gasteiger partial charge in [0.2, 0.25) is 0 Å². The molecule has 0 atom stereocenters. The summed E-state index contributed by atoms with van der Waals surface area (Å²) < 4.78 is 0. The van der Waals surface area contributed by atoms with Crippen molar-refractivity contribution in [1.82, 2.24) is 4.90 Å². The van der Waals surface area contributed by atoms with Crippen LogP contribution in [0.3, 0.4) is 0 Å². The smallest absolute Gasteiger partial charge is 0.0385 e. The highest BCUT2D eigenvalue weighted by atomic mass is 15.1. The first-order chi connectivity index (χ1) is 8.83. The van der Waals surface area contributed by atoms with Crippen molar-refractivity contribution >= 4 is 5.69 Å². The number of nitrogens with zero attached hydrogens (tertiary/aromatic N) is 1. The van der Waals surface area contributed by atoms with E-state index in [1.165, 1.54) is 30.5 Å². The van der Waals surface area contributed by atoms with Gasteiger partial charge in [-0.2, -0.15) is 0 Å². The van der Waals surface area contributed by atoms with Crippen LogP contribution in [0, 0.1) is 5.92 Å². The fourth-order valence-electron chi connectivity index (χ4n) is 2.47. The van der Waals surface area contributed by atoms with Crippen molar-refractivity contribution in [3.05, 3.63) is 29.8 Å². The fraction of sp³-hybridized carbons (Fsp3) is 0.625. The van der Waals surface area contributed by atoms with Crippen LogP contribution in [0.4, 0.5) is 5.69 Å². The van der Waals surface area contributed by atoms with Crippen molar-refractivity contribution in [1.29, 1.82) is 0 Å². The monoisotopic (exact) mass is 246 g/mol. The normalized spacial score (nSPS) is 15.7. The van der Waals surface area contributed by atoms with Crippen LogP contribution < -0.4 is 5.32 Å². The molecule has 1 fully saturated rings. The molecule has 100 valence electrons. The molecule has 1 aliphatic carbocycles. The molecule has 0 saturated heterocycles. The lowest BCUT2D eigenvalue weighted by Crippen LogP contribution is -2.24. The van der Waals surface area contributed by atoms with Crippen LogP contribution in [-0.4, -0.2) is 24.5 Å². The molecule has 1 aromatic carbocycles. The minimum Gasteiger partial charge on any atom is -0.385 e. The van der Waals surface area contributed by atoms with E-state index in [0.717, 1.165) is 32.1 Å². The predicted molar refractivity (Wildman–Crippen MR) is 78.9 cm³/mol. The van der Waals surface area contributed by atoms with Crippen LogP contribution in [-0.2, 0) is 6.54 Å². The van der Waals surface area contributed by atoms with Gasteiger partial charge in [-0.1, -0.05) is 38.5 Å². The lowest BCUT2D eigenvalue weighted by molar-refractivity contribution is 0.296. The maximum atomic E-state index is 3.64. The Labute approximate surface area is 111 Å². The molecule has 1 saturated carbocycles. The number of hydrogen-bond donors (Lipinski definition) is 1. The molecule has 0 bridgehead atoms. The predicted octanol–water partition coefficient (Wildman–Crippen LogP) is 3.74. The maximum absolute atomic E-state index is 3.64. The zero-order valence-electron chi connectivity index (χ0n) is 11.8. The third-order valence-electron chi connectivity index (χ3n) is 4.11. The third kappa shape index (κ3) is 3.49. The highest BCUT2D eigenvalue weighted by molar-refractivity contribution is 5.51. The first kappa shape index (κ1) is 13.4. The molecule has 0 aromatic heterocycles. The highest BCUT2D eigenvalue weighted by Crippen LogP contribution is 2.27. The van der Waals surface area contributed by atoms with Gasteiger partial charge in [0.15, 0.2) is 0 Å². The average Bonchev–Trinajstić information content (AvgIpc) is 2.35. The number of para-hydroxylation sites is 1. The second-order valence-electron chi connectivity index (χ2n) is 5.30. The molecule has 0 unspecified atom stereocenters. The van der Waals surface area contributed by atoms with Gasteiger partial charge < -0.3 is 5.32 Å². The summed E-state index contributed by atoms with van der Waals surface area (Å²) in [5.41, 5.74) is 2.76. The second-order valence-corrected chi connectivity index (χ2v) is 5.30. The number of nitrogens with one attached hydrogen (secondary N) is 1. The Kier molecular flexibility index (Phi) is 5.06. The van der Waals surface area contributed by atoms with E-state index in [0.29, 0.717) is 0 Å². The Morgan fingerprint density at radius 1 is 1.17 bits per heavy atom. The van der Waals surface area contributed by atoms with Gasteiger partial charge in [0.25, 0.3) is 0 Å². The van der Waals surface area contributed by atoms with Crippen LogP contribution in [0.15, 0.2) is 24.3 Å². The van der Waals surface area contributed by atoms with E-state index in [9.17, 15) is 0 Å². The first-order valence-electron chi connectivity index (χ1n) is 7.37. The van der Waals surface area contributed by atoms with Gasteiger partial charge in [-0.05, 0) is 43.5 Å². The lowest BCUT2D eigenvalue weighted by atomic mass is 9.85. The number of rotatable bonds is 7. The summed E-state index contributed by atoms with van der Waals surface area (Å²) in [6.07, 6.45) is 4.24. The van der Waals surface area contributed by atoms with E-state index >= 15 is 0 Å². The lowest BCUT2D eigenvalue weighted by Gasteiger charge is -2.27. The number of benzene rings is 1. The summed E-state index contributed by atoms with van der Waals surface area (Å²) in [6, 6.07) is 8.75. The summed E-state index contributed by atoms with van der Waals surface area (Å²) in [7, 11) is 0. The Morgan fingerprint density at radius 2 is 1.89 bits per heavy atom. The van der Waals surface area contributed by atoms with E-state index < -0.39 is 0 Å². The molecule has 1 aromatic rings. The van der Waals surface area contributed by atoms with Crippen molar-refractivity contribution in [3.63, 3.8) is 0 Å². The van der Waals surface area contributed by atoms with Gasteiger partial charge in [-0.15, -0.1) is 0 Å². The zero-order chi connectivity index (χ0) is 12.8. The molecule has 1 N–H and O–H groups in total. The van der Waals surface area contributed by atoms with Crippen molar-refractivity contribution in [2.24, 2.45) is 5.92 Å². The molecule has 0 radical (unpaired) electrons. The summed E-state index contributed by atoms with van der Waals surface area (Å²) >= 11 is 0. The second kappa shape index (κ2) is 6.79. The number of anilines is 1. The van der Waals surface area contributed by atoms with Crippen LogP contribution >= 0.6 is 0 Å². The van der Waals surface area contributed by atoms with Gasteiger partial charge in [0.1, 0.15) is 0 Å². The summed E-state index contributed by atoms with van der Waals surface area (Å²) in [5.74, 6) is 0.909. The van der Waals surface area contributed by atoms with Gasteiger partial charge in [-0.3, -0.25) is 4.90 Å². The van der Waals surface area contributed by atoms with Crippen molar-refractivity contribution < 1.29 is 0 Å². The van der Waals surface area contributed by atoms with E-state index in [2.05, 4.69) is 48.3 Å². The van der Waals surface area contributed by atoms with Crippen molar-refractivity contribution in [2.45, 2.75) is 39.7 Å². The topological polar surface area (TPSA) is 15.3 Å². The van der Waals surface area contributed by atoms with Gasteiger partial charge in [-0.25, -0.2) is 0 Å². The standard InChI is InChI=1S/C16H26N2/c1-3-18(4-2)13-15-10-5-6-11-16(15)17-12-14-8-7-9-14/h5-6,10-11,14,17H,3-4,7-9,12-13H2,1-2H3. The highest BCUT2D eigenvalue weighted by Gasteiger charge is 2.17. The SMILES string of the molecule is CCN(CC)Cc1ccccc1NCC1CCC1. The largest absolute Gasteiger partial charge is 0.385 e. The Balaban J connectivity index is 1.95. The van der Waals surface area contributed by atoms with Crippen LogP contribution in [0.2, 0.25) is 0 Å². The Morgan fingerprint density at radius 3 is 2.50 bits per heavy atom. The molecule has 0 amide bonds. The van der Waals surface area contributed by atoms with Crippen LogP contribution in [0.1, 0.15) is 38.7 Å². The van der Waals surface area contributed by atoms with Gasteiger partial charge >= 0.3 is 0 Å². The molecule has 2 heteroatoms. The van der Waals surface area contributed by atoms with E-state index in [1.54, 1.807) is 0 Å². The summed E-state index contributed by atoms with van der Waals surface area (Å²) in [6.45, 7) is 8.90. The summed E-state index contributed by atoms with van der Waals surface area (Å²) in [5, 5.41) is 3.64. The summed E-state index contributed by atoms with van der Waals surface area (Å²) in [4.78, 5) is 2.46. The molecule has 2 nitrogen and oxygen atoms in total. The van der Waals surface area contributed by atoms with E-state index in [4.69, 9.17) is 0 Å². The maximum Gasteiger partial charge on any atom is 0.0385 e. The molecule has 2 rings (SSSR count). The zero-order valence-corrected chi connectivity index (χ0v) is 11.8. The first-order valence-corrected chi connectivity index (χ1v) is 7.37. The molecule has 1 aliphatic rings. The Bertz CT molecular complexity index is 354. The van der Waals surface area contributed by atoms with E-state index in [1.807, 2.05) is 0 Å². The molecule has 0 spiro atoms. The van der Waals surface area contributed by atoms with Crippen molar-refractivity contribution in [3.8, 4) is 0 Å². The fourth-order valence-corrected chi connectivity index (χ4v) is 2.47. The van der Waals surface area contributed by atoms with Crippen molar-refractivity contribution in [2.75, 3.05) is 25.0 Å². The van der Waals surface area contributed by atoms with Crippen LogP contribution in [0.5, 0.6) is 0 Å². The third-order valence-corrected chi connectivity index (χ3v) is 4.11. The minimum atomic E-state index is 0.909. The van der Waals surface area contributed by atoms with Gasteiger partial charge in [0.05, 0.1) is 0 Å². The molecular formula is C16H26N2. The molecule has 18 heavy (non-hydrogen) atoms. The quantitative estimate of drug-likeness (QED) is 0.788. The molecule has 0 heterocycles. The van der Waals surface area contributed by atoms with Gasteiger partial charge in [0, 0.05) is 18.8 Å². The van der Waals surface area contributed by atoms with E-state index in [-0.39, 0.29) is 0 Å². The van der Waals surface area contributed by atoms with Crippen LogP contribution in [0.25, 0.3) is 0 Å². The molecular weight excluding hydrogens is 220 g/mol. The minimum absolute atomic E-state index is 0.909. The average molecular weight is 246 g/mol. The number of hydrogen-bond acceptors (Lipinski definition) is 2.